The standard InChI is InChI=1S/C10H12OS/c1-12-10-7-3-2-5-9(10)6-4-8-11/h2-7,11H,8H2,1H3/b6-4+. The molecule has 2 heteroatoms. The summed E-state index contributed by atoms with van der Waals surface area (Å²) < 4.78 is 0. The van der Waals surface area contributed by atoms with Crippen LogP contribution in [0.4, 0.5) is 0 Å². The Kier molecular flexibility index (Phi) is 3.91. The first-order valence-corrected chi connectivity index (χ1v) is 5.01. The van der Waals surface area contributed by atoms with Crippen LogP contribution in [0, 0.1) is 0 Å². The molecule has 0 heterocycles. The lowest BCUT2D eigenvalue weighted by Crippen LogP contribution is -1.78. The summed E-state index contributed by atoms with van der Waals surface area (Å²) in [4.78, 5) is 1.24. The third-order valence-electron chi connectivity index (χ3n) is 1.54. The number of thioether (sulfide) groups is 1. The molecule has 1 nitrogen and oxygen atoms in total. The summed E-state index contributed by atoms with van der Waals surface area (Å²) in [6, 6.07) is 8.12. The van der Waals surface area contributed by atoms with E-state index in [1.54, 1.807) is 17.8 Å². The smallest absolute Gasteiger partial charge is 0.0615 e. The van der Waals surface area contributed by atoms with Gasteiger partial charge in [-0.25, -0.2) is 0 Å². The fraction of sp³-hybridized carbons (Fsp3) is 0.200. The molecule has 1 rings (SSSR count). The Balaban J connectivity index is 2.89. The molecule has 0 saturated heterocycles. The van der Waals surface area contributed by atoms with Gasteiger partial charge in [0.05, 0.1) is 6.61 Å². The number of hydrogen-bond acceptors (Lipinski definition) is 2. The van der Waals surface area contributed by atoms with Crippen molar-refractivity contribution >= 4 is 17.8 Å². The van der Waals surface area contributed by atoms with Gasteiger partial charge in [-0.1, -0.05) is 30.4 Å². The highest BCUT2D eigenvalue weighted by atomic mass is 32.2. The van der Waals surface area contributed by atoms with Crippen LogP contribution in [0.25, 0.3) is 6.08 Å². The van der Waals surface area contributed by atoms with E-state index >= 15 is 0 Å². The van der Waals surface area contributed by atoms with Crippen molar-refractivity contribution in [2.24, 2.45) is 0 Å². The number of rotatable bonds is 3. The van der Waals surface area contributed by atoms with Crippen LogP contribution in [0.5, 0.6) is 0 Å². The maximum absolute atomic E-state index is 8.60. The van der Waals surface area contributed by atoms with Crippen LogP contribution in [0.2, 0.25) is 0 Å². The van der Waals surface area contributed by atoms with Crippen LogP contribution in [0.15, 0.2) is 35.2 Å². The minimum absolute atomic E-state index is 0.0999. The van der Waals surface area contributed by atoms with Crippen LogP contribution in [-0.4, -0.2) is 18.0 Å². The summed E-state index contributed by atoms with van der Waals surface area (Å²) >= 11 is 1.71. The van der Waals surface area contributed by atoms with Gasteiger partial charge in [0, 0.05) is 4.90 Å². The van der Waals surface area contributed by atoms with Crippen LogP contribution in [0.1, 0.15) is 5.56 Å². The molecule has 0 aliphatic rings. The van der Waals surface area contributed by atoms with E-state index in [0.29, 0.717) is 0 Å². The number of benzene rings is 1. The van der Waals surface area contributed by atoms with Crippen LogP contribution < -0.4 is 0 Å². The van der Waals surface area contributed by atoms with Gasteiger partial charge in [0.1, 0.15) is 0 Å². The van der Waals surface area contributed by atoms with E-state index in [1.165, 1.54) is 10.5 Å². The first-order chi connectivity index (χ1) is 5.88. The van der Waals surface area contributed by atoms with E-state index in [4.69, 9.17) is 5.11 Å². The predicted octanol–water partition coefficient (Wildman–Crippen LogP) is 2.41. The summed E-state index contributed by atoms with van der Waals surface area (Å²) in [7, 11) is 0. The van der Waals surface area contributed by atoms with E-state index in [9.17, 15) is 0 Å². The number of aliphatic hydroxyl groups is 1. The zero-order valence-electron chi connectivity index (χ0n) is 7.03. The average Bonchev–Trinajstić information content (AvgIpc) is 2.15. The van der Waals surface area contributed by atoms with Gasteiger partial charge >= 0.3 is 0 Å². The highest BCUT2D eigenvalue weighted by molar-refractivity contribution is 7.98. The van der Waals surface area contributed by atoms with Gasteiger partial charge < -0.3 is 5.11 Å². The third-order valence-corrected chi connectivity index (χ3v) is 2.35. The Morgan fingerprint density at radius 3 is 2.83 bits per heavy atom. The zero-order chi connectivity index (χ0) is 8.81. The third kappa shape index (κ3) is 2.40. The molecule has 1 N–H and O–H groups in total. The lowest BCUT2D eigenvalue weighted by molar-refractivity contribution is 0.343. The maximum atomic E-state index is 8.60. The fourth-order valence-corrected chi connectivity index (χ4v) is 1.57. The topological polar surface area (TPSA) is 20.2 Å². The van der Waals surface area contributed by atoms with E-state index < -0.39 is 0 Å². The van der Waals surface area contributed by atoms with Gasteiger partial charge in [-0.05, 0) is 17.9 Å². The highest BCUT2D eigenvalue weighted by Crippen LogP contribution is 2.20. The maximum Gasteiger partial charge on any atom is 0.0615 e. The Morgan fingerprint density at radius 1 is 1.42 bits per heavy atom. The predicted molar refractivity (Wildman–Crippen MR) is 54.3 cm³/mol. The Hall–Kier alpha value is -0.730. The molecule has 0 fully saturated rings. The fourth-order valence-electron chi connectivity index (χ4n) is 0.984. The van der Waals surface area contributed by atoms with E-state index in [-0.39, 0.29) is 6.61 Å². The van der Waals surface area contributed by atoms with E-state index in [0.717, 1.165) is 0 Å². The van der Waals surface area contributed by atoms with Crippen molar-refractivity contribution in [3.63, 3.8) is 0 Å². The van der Waals surface area contributed by atoms with Gasteiger partial charge in [0.25, 0.3) is 0 Å². The largest absolute Gasteiger partial charge is 0.392 e. The second kappa shape index (κ2) is 5.01. The van der Waals surface area contributed by atoms with Gasteiger partial charge in [-0.3, -0.25) is 0 Å². The summed E-state index contributed by atoms with van der Waals surface area (Å²) in [5.74, 6) is 0. The van der Waals surface area contributed by atoms with Crippen molar-refractivity contribution in [1.29, 1.82) is 0 Å². The molecule has 0 radical (unpaired) electrons. The minimum Gasteiger partial charge on any atom is -0.392 e. The van der Waals surface area contributed by atoms with Crippen LogP contribution >= 0.6 is 11.8 Å². The molecule has 0 spiro atoms. The van der Waals surface area contributed by atoms with Crippen LogP contribution in [0.3, 0.4) is 0 Å². The zero-order valence-corrected chi connectivity index (χ0v) is 7.84. The average molecular weight is 180 g/mol. The molecule has 1 aromatic carbocycles. The summed E-state index contributed by atoms with van der Waals surface area (Å²) in [6.07, 6.45) is 5.73. The molecule has 0 unspecified atom stereocenters. The van der Waals surface area contributed by atoms with Gasteiger partial charge in [-0.15, -0.1) is 11.8 Å². The van der Waals surface area contributed by atoms with Crippen LogP contribution in [-0.2, 0) is 0 Å². The van der Waals surface area contributed by atoms with Crippen molar-refractivity contribution in [2.45, 2.75) is 4.90 Å². The molecular weight excluding hydrogens is 168 g/mol. The normalized spacial score (nSPS) is 10.8. The molecule has 64 valence electrons. The van der Waals surface area contributed by atoms with Crippen molar-refractivity contribution in [3.05, 3.63) is 35.9 Å². The minimum atomic E-state index is 0.0999. The van der Waals surface area contributed by atoms with Crippen molar-refractivity contribution in [2.75, 3.05) is 12.9 Å². The first-order valence-electron chi connectivity index (χ1n) is 3.79. The first kappa shape index (κ1) is 9.36. The lowest BCUT2D eigenvalue weighted by Gasteiger charge is -2.00. The second-order valence-corrected chi connectivity index (χ2v) is 3.17. The molecule has 0 aliphatic heterocycles. The van der Waals surface area contributed by atoms with E-state index in [2.05, 4.69) is 6.07 Å². The molecule has 0 aromatic heterocycles. The molecule has 0 amide bonds. The molecule has 1 aromatic rings. The van der Waals surface area contributed by atoms with Gasteiger partial charge in [0.15, 0.2) is 0 Å². The SMILES string of the molecule is CSc1ccccc1/C=C/CO. The molecule has 0 aliphatic carbocycles. The summed E-state index contributed by atoms with van der Waals surface area (Å²) in [5, 5.41) is 8.60. The summed E-state index contributed by atoms with van der Waals surface area (Å²) in [5.41, 5.74) is 1.17. The number of aliphatic hydroxyl groups excluding tert-OH is 1. The summed E-state index contributed by atoms with van der Waals surface area (Å²) in [6.45, 7) is 0.0999. The molecule has 0 atom stereocenters. The van der Waals surface area contributed by atoms with Crippen molar-refractivity contribution < 1.29 is 5.11 Å². The molecule has 0 saturated carbocycles. The lowest BCUT2D eigenvalue weighted by atomic mass is 10.2. The number of hydrogen-bond donors (Lipinski definition) is 1. The van der Waals surface area contributed by atoms with Crippen molar-refractivity contribution in [3.8, 4) is 0 Å². The second-order valence-electron chi connectivity index (χ2n) is 2.33. The molecule has 12 heavy (non-hydrogen) atoms. The Morgan fingerprint density at radius 2 is 2.17 bits per heavy atom. The Labute approximate surface area is 77.1 Å². The molecular formula is C10H12OS. The Bertz CT molecular complexity index is 268. The van der Waals surface area contributed by atoms with Gasteiger partial charge in [-0.2, -0.15) is 0 Å². The molecule has 0 bridgehead atoms. The quantitative estimate of drug-likeness (QED) is 0.721. The van der Waals surface area contributed by atoms with Crippen molar-refractivity contribution in [1.82, 2.24) is 0 Å². The highest BCUT2D eigenvalue weighted by Gasteiger charge is 1.93. The van der Waals surface area contributed by atoms with Gasteiger partial charge in [0.2, 0.25) is 0 Å². The monoisotopic (exact) mass is 180 g/mol. The van der Waals surface area contributed by atoms with E-state index in [1.807, 2.05) is 30.5 Å².